The first-order valence-electron chi connectivity index (χ1n) is 9.04. The molecule has 148 valence electrons. The summed E-state index contributed by atoms with van der Waals surface area (Å²) in [5, 5.41) is 11.2. The zero-order valence-corrected chi connectivity index (χ0v) is 17.5. The molecule has 3 aromatic rings. The van der Waals surface area contributed by atoms with Crippen molar-refractivity contribution in [1.82, 2.24) is 29.7 Å². The van der Waals surface area contributed by atoms with E-state index in [2.05, 4.69) is 31.2 Å². The number of anilines is 1. The Kier molecular flexibility index (Phi) is 4.53. The predicted molar refractivity (Wildman–Crippen MR) is 108 cm³/mol. The number of carbonyl (C=O) groups excluding carboxylic acids is 1. The van der Waals surface area contributed by atoms with Gasteiger partial charge in [0.05, 0.1) is 22.6 Å². The highest BCUT2D eigenvalue weighted by Gasteiger charge is 2.33. The number of aromatic nitrogens is 5. The van der Waals surface area contributed by atoms with Gasteiger partial charge in [-0.15, -0.1) is 0 Å². The summed E-state index contributed by atoms with van der Waals surface area (Å²) in [6, 6.07) is 0. The number of H-pyrrole nitrogens is 1. The molecule has 1 aliphatic heterocycles. The van der Waals surface area contributed by atoms with Gasteiger partial charge in [0.25, 0.3) is 0 Å². The molecular weight excluding hydrogens is 426 g/mol. The van der Waals surface area contributed by atoms with E-state index in [4.69, 9.17) is 15.5 Å². The molecule has 1 fully saturated rings. The largest absolute Gasteiger partial charge is 0.444 e. The first kappa shape index (κ1) is 18.7. The summed E-state index contributed by atoms with van der Waals surface area (Å²) in [5.41, 5.74) is 9.01. The van der Waals surface area contributed by atoms with Gasteiger partial charge in [0.1, 0.15) is 11.4 Å². The minimum Gasteiger partial charge on any atom is -0.444 e. The Morgan fingerprint density at radius 2 is 2.18 bits per heavy atom. The number of aromatic amines is 1. The average Bonchev–Trinajstić information content (AvgIpc) is 3.35. The van der Waals surface area contributed by atoms with Crippen molar-refractivity contribution < 1.29 is 9.53 Å². The molecule has 0 bridgehead atoms. The average molecular weight is 448 g/mol. The van der Waals surface area contributed by atoms with Crippen LogP contribution in [0.15, 0.2) is 23.1 Å². The highest BCUT2D eigenvalue weighted by atomic mass is 79.9. The van der Waals surface area contributed by atoms with E-state index in [-0.39, 0.29) is 12.0 Å². The Bertz CT molecular complexity index is 1020. The van der Waals surface area contributed by atoms with Gasteiger partial charge in [0.2, 0.25) is 0 Å². The molecule has 9 nitrogen and oxygen atoms in total. The molecule has 1 aliphatic rings. The Morgan fingerprint density at radius 3 is 2.86 bits per heavy atom. The van der Waals surface area contributed by atoms with Gasteiger partial charge in [0, 0.05) is 36.3 Å². The Balaban J connectivity index is 1.67. The molecule has 3 aromatic heterocycles. The molecule has 4 heterocycles. The van der Waals surface area contributed by atoms with E-state index in [9.17, 15) is 4.79 Å². The second kappa shape index (κ2) is 6.77. The number of amides is 1. The third-order valence-electron chi connectivity index (χ3n) is 4.68. The van der Waals surface area contributed by atoms with Crippen molar-refractivity contribution >= 4 is 33.5 Å². The van der Waals surface area contributed by atoms with Crippen molar-refractivity contribution in [3.05, 3.63) is 28.8 Å². The molecule has 1 atom stereocenters. The molecule has 3 N–H and O–H groups in total. The van der Waals surface area contributed by atoms with E-state index in [1.165, 1.54) is 0 Å². The Morgan fingerprint density at radius 1 is 1.39 bits per heavy atom. The summed E-state index contributed by atoms with van der Waals surface area (Å²) in [6.45, 7) is 6.74. The minimum atomic E-state index is -0.519. The molecular formula is C18H22BrN7O2. The van der Waals surface area contributed by atoms with Crippen LogP contribution in [0, 0.1) is 0 Å². The number of likely N-dealkylation sites (tertiary alicyclic amines) is 1. The second-order valence-corrected chi connectivity index (χ2v) is 8.68. The maximum absolute atomic E-state index is 12.4. The lowest BCUT2D eigenvalue weighted by molar-refractivity contribution is 0.0292. The number of nitrogens with one attached hydrogen (secondary N) is 1. The van der Waals surface area contributed by atoms with E-state index >= 15 is 0 Å². The summed E-state index contributed by atoms with van der Waals surface area (Å²) in [7, 11) is 0. The standard InChI is InChI=1S/C18H22BrN7O2/c1-18(2,3)28-17(27)25-5-4-10(9-25)14-13(19)15(20)26-16(24-14)12(8-23-26)11-6-21-22-7-11/h6-8,10H,4-5,9,20H2,1-3H3,(H,21,22). The lowest BCUT2D eigenvalue weighted by atomic mass is 10.0. The fourth-order valence-corrected chi connectivity index (χ4v) is 3.94. The zero-order chi connectivity index (χ0) is 20.1. The number of hydrogen-bond donors (Lipinski definition) is 2. The van der Waals surface area contributed by atoms with Crippen molar-refractivity contribution in [1.29, 1.82) is 0 Å². The van der Waals surface area contributed by atoms with Gasteiger partial charge in [-0.3, -0.25) is 5.10 Å². The van der Waals surface area contributed by atoms with Crippen molar-refractivity contribution in [2.24, 2.45) is 0 Å². The lowest BCUT2D eigenvalue weighted by Gasteiger charge is -2.24. The molecule has 10 heteroatoms. The molecule has 28 heavy (non-hydrogen) atoms. The van der Waals surface area contributed by atoms with Crippen LogP contribution in [0.5, 0.6) is 0 Å². The van der Waals surface area contributed by atoms with Crippen LogP contribution in [0.2, 0.25) is 0 Å². The summed E-state index contributed by atoms with van der Waals surface area (Å²) in [6.07, 6.45) is 5.72. The SMILES string of the molecule is CC(C)(C)OC(=O)N1CCC(c2nc3c(-c4cn[nH]c4)cnn3c(N)c2Br)C1. The van der Waals surface area contributed by atoms with Crippen LogP contribution in [0.1, 0.15) is 38.8 Å². The van der Waals surface area contributed by atoms with Crippen molar-refractivity contribution in [3.63, 3.8) is 0 Å². The third-order valence-corrected chi connectivity index (χ3v) is 5.50. The fraction of sp³-hybridized carbons (Fsp3) is 0.444. The van der Waals surface area contributed by atoms with E-state index in [1.54, 1.807) is 28.0 Å². The lowest BCUT2D eigenvalue weighted by Crippen LogP contribution is -2.35. The van der Waals surface area contributed by atoms with E-state index in [0.717, 1.165) is 23.2 Å². The summed E-state index contributed by atoms with van der Waals surface area (Å²) < 4.78 is 7.81. The van der Waals surface area contributed by atoms with E-state index in [1.807, 2.05) is 20.8 Å². The summed E-state index contributed by atoms with van der Waals surface area (Å²) in [4.78, 5) is 19.0. The molecule has 0 aromatic carbocycles. The molecule has 0 spiro atoms. The maximum Gasteiger partial charge on any atom is 0.410 e. The number of hydrogen-bond acceptors (Lipinski definition) is 6. The predicted octanol–water partition coefficient (Wildman–Crippen LogP) is 3.19. The van der Waals surface area contributed by atoms with Gasteiger partial charge in [-0.05, 0) is 43.1 Å². The second-order valence-electron chi connectivity index (χ2n) is 7.89. The van der Waals surface area contributed by atoms with Crippen LogP contribution in [0.4, 0.5) is 10.6 Å². The van der Waals surface area contributed by atoms with Gasteiger partial charge in [-0.1, -0.05) is 0 Å². The van der Waals surface area contributed by atoms with Gasteiger partial charge in [0.15, 0.2) is 5.65 Å². The van der Waals surface area contributed by atoms with Crippen molar-refractivity contribution in [2.75, 3.05) is 18.8 Å². The van der Waals surface area contributed by atoms with Crippen LogP contribution in [0.3, 0.4) is 0 Å². The smallest absolute Gasteiger partial charge is 0.410 e. The molecule has 1 unspecified atom stereocenters. The number of nitrogens with zero attached hydrogens (tertiary/aromatic N) is 5. The molecule has 0 radical (unpaired) electrons. The van der Waals surface area contributed by atoms with Gasteiger partial charge >= 0.3 is 6.09 Å². The third kappa shape index (κ3) is 3.32. The number of fused-ring (bicyclic) bond motifs is 1. The highest BCUT2D eigenvalue weighted by Crippen LogP contribution is 2.36. The fourth-order valence-electron chi connectivity index (χ4n) is 3.36. The highest BCUT2D eigenvalue weighted by molar-refractivity contribution is 9.10. The number of halogens is 1. The van der Waals surface area contributed by atoms with Crippen LogP contribution in [-0.4, -0.2) is 54.5 Å². The topological polar surface area (TPSA) is 114 Å². The molecule has 0 aliphatic carbocycles. The molecule has 1 saturated heterocycles. The normalized spacial score (nSPS) is 17.4. The Hall–Kier alpha value is -2.62. The number of ether oxygens (including phenoxy) is 1. The van der Waals surface area contributed by atoms with E-state index < -0.39 is 5.60 Å². The van der Waals surface area contributed by atoms with Gasteiger partial charge < -0.3 is 15.4 Å². The van der Waals surface area contributed by atoms with E-state index in [0.29, 0.717) is 29.0 Å². The minimum absolute atomic E-state index is 0.0568. The monoisotopic (exact) mass is 447 g/mol. The van der Waals surface area contributed by atoms with Crippen molar-refractivity contribution in [2.45, 2.75) is 38.7 Å². The van der Waals surface area contributed by atoms with Crippen LogP contribution in [-0.2, 0) is 4.74 Å². The first-order valence-corrected chi connectivity index (χ1v) is 9.83. The molecule has 0 saturated carbocycles. The summed E-state index contributed by atoms with van der Waals surface area (Å²) >= 11 is 3.57. The van der Waals surface area contributed by atoms with Gasteiger partial charge in [-0.2, -0.15) is 14.7 Å². The van der Waals surface area contributed by atoms with Crippen LogP contribution >= 0.6 is 15.9 Å². The van der Waals surface area contributed by atoms with Crippen LogP contribution in [0.25, 0.3) is 16.8 Å². The maximum atomic E-state index is 12.4. The number of rotatable bonds is 2. The van der Waals surface area contributed by atoms with Gasteiger partial charge in [-0.25, -0.2) is 9.78 Å². The number of nitrogen functional groups attached to an aromatic ring is 1. The van der Waals surface area contributed by atoms with Crippen LogP contribution < -0.4 is 5.73 Å². The quantitative estimate of drug-likeness (QED) is 0.623. The first-order chi connectivity index (χ1) is 13.2. The number of carbonyl (C=O) groups is 1. The zero-order valence-electron chi connectivity index (χ0n) is 15.9. The van der Waals surface area contributed by atoms with Crippen molar-refractivity contribution in [3.8, 4) is 11.1 Å². The Labute approximate surface area is 170 Å². The molecule has 1 amide bonds. The summed E-state index contributed by atoms with van der Waals surface area (Å²) in [5.74, 6) is 0.534. The number of nitrogens with two attached hydrogens (primary N) is 1. The molecule has 4 rings (SSSR count).